The highest BCUT2D eigenvalue weighted by Gasteiger charge is 2.45. The molecule has 3 aromatic rings. The van der Waals surface area contributed by atoms with Crippen LogP contribution in [0.1, 0.15) is 19.4 Å². The highest BCUT2D eigenvalue weighted by Crippen LogP contribution is 2.46. The van der Waals surface area contributed by atoms with Crippen molar-refractivity contribution in [2.45, 2.75) is 19.3 Å². The SMILES string of the molecule is Cn1ccc(N2C(=O)C(C)(C)c3ccc(-c4cnccc4F)cc32)n1. The van der Waals surface area contributed by atoms with E-state index < -0.39 is 5.41 Å². The van der Waals surface area contributed by atoms with E-state index in [9.17, 15) is 9.18 Å². The average molecular weight is 336 g/mol. The van der Waals surface area contributed by atoms with Gasteiger partial charge in [-0.3, -0.25) is 19.4 Å². The van der Waals surface area contributed by atoms with E-state index in [1.807, 2.05) is 32.0 Å². The van der Waals surface area contributed by atoms with Crippen LogP contribution in [-0.4, -0.2) is 20.7 Å². The van der Waals surface area contributed by atoms with Crippen LogP contribution >= 0.6 is 0 Å². The van der Waals surface area contributed by atoms with Crippen LogP contribution in [0.5, 0.6) is 0 Å². The van der Waals surface area contributed by atoms with Crippen LogP contribution in [0.25, 0.3) is 11.1 Å². The molecule has 1 amide bonds. The molecule has 0 bridgehead atoms. The topological polar surface area (TPSA) is 51.0 Å². The molecule has 2 aromatic heterocycles. The van der Waals surface area contributed by atoms with Crippen molar-refractivity contribution in [2.75, 3.05) is 4.90 Å². The van der Waals surface area contributed by atoms with Gasteiger partial charge in [0.05, 0.1) is 11.1 Å². The number of anilines is 2. The van der Waals surface area contributed by atoms with Crippen LogP contribution in [0.15, 0.2) is 48.9 Å². The molecule has 0 unspecified atom stereocenters. The molecule has 0 radical (unpaired) electrons. The summed E-state index contributed by atoms with van der Waals surface area (Å²) >= 11 is 0. The van der Waals surface area contributed by atoms with Crippen LogP contribution < -0.4 is 4.90 Å². The molecular weight excluding hydrogens is 319 g/mol. The van der Waals surface area contributed by atoms with Crippen molar-refractivity contribution in [1.29, 1.82) is 0 Å². The third-order valence-corrected chi connectivity index (χ3v) is 4.66. The van der Waals surface area contributed by atoms with Gasteiger partial charge in [0.2, 0.25) is 5.91 Å². The number of carbonyl (C=O) groups excluding carboxylic acids is 1. The summed E-state index contributed by atoms with van der Waals surface area (Å²) in [6.07, 6.45) is 4.70. The lowest BCUT2D eigenvalue weighted by atomic mass is 9.85. The Bertz CT molecular complexity index is 993. The molecule has 1 aliphatic rings. The van der Waals surface area contributed by atoms with E-state index in [0.29, 0.717) is 16.9 Å². The second kappa shape index (κ2) is 5.24. The number of rotatable bonds is 2. The quantitative estimate of drug-likeness (QED) is 0.719. The number of hydrogen-bond acceptors (Lipinski definition) is 3. The zero-order chi connectivity index (χ0) is 17.8. The molecule has 0 fully saturated rings. The Morgan fingerprint density at radius 3 is 2.64 bits per heavy atom. The van der Waals surface area contributed by atoms with Crippen molar-refractivity contribution in [2.24, 2.45) is 7.05 Å². The molecule has 126 valence electrons. The van der Waals surface area contributed by atoms with Crippen molar-refractivity contribution in [3.63, 3.8) is 0 Å². The van der Waals surface area contributed by atoms with E-state index in [4.69, 9.17) is 0 Å². The summed E-state index contributed by atoms with van der Waals surface area (Å²) in [4.78, 5) is 18.6. The van der Waals surface area contributed by atoms with Crippen molar-refractivity contribution in [1.82, 2.24) is 14.8 Å². The van der Waals surface area contributed by atoms with E-state index in [1.54, 1.807) is 28.9 Å². The number of fused-ring (bicyclic) bond motifs is 1. The number of carbonyl (C=O) groups is 1. The molecule has 3 heterocycles. The summed E-state index contributed by atoms with van der Waals surface area (Å²) < 4.78 is 15.8. The second-order valence-electron chi connectivity index (χ2n) is 6.70. The predicted molar refractivity (Wildman–Crippen MR) is 93.0 cm³/mol. The Kier molecular flexibility index (Phi) is 3.25. The van der Waals surface area contributed by atoms with Crippen LogP contribution in [0.2, 0.25) is 0 Å². The fourth-order valence-electron chi connectivity index (χ4n) is 3.26. The Balaban J connectivity index is 1.92. The lowest BCUT2D eigenvalue weighted by molar-refractivity contribution is -0.121. The van der Waals surface area contributed by atoms with Gasteiger partial charge in [0.25, 0.3) is 0 Å². The first-order valence-corrected chi connectivity index (χ1v) is 7.98. The van der Waals surface area contributed by atoms with Crippen LogP contribution in [0.3, 0.4) is 0 Å². The summed E-state index contributed by atoms with van der Waals surface area (Å²) in [5.74, 6) is 0.163. The molecule has 1 aliphatic heterocycles. The number of benzene rings is 1. The van der Waals surface area contributed by atoms with Gasteiger partial charge in [-0.25, -0.2) is 4.39 Å². The largest absolute Gasteiger partial charge is 0.274 e. The van der Waals surface area contributed by atoms with Crippen molar-refractivity contribution >= 4 is 17.4 Å². The van der Waals surface area contributed by atoms with Gasteiger partial charge in [-0.15, -0.1) is 0 Å². The maximum Gasteiger partial charge on any atom is 0.242 e. The fourth-order valence-corrected chi connectivity index (χ4v) is 3.26. The van der Waals surface area contributed by atoms with E-state index in [2.05, 4.69) is 10.1 Å². The number of nitrogens with zero attached hydrogens (tertiary/aromatic N) is 4. The molecule has 6 heteroatoms. The standard InChI is InChI=1S/C19H17FN4O/c1-19(2)14-5-4-12(13-11-21-8-6-15(13)20)10-16(14)24(18(19)25)17-7-9-23(3)22-17/h4-11H,1-3H3. The number of halogens is 1. The lowest BCUT2D eigenvalue weighted by Crippen LogP contribution is -2.33. The summed E-state index contributed by atoms with van der Waals surface area (Å²) in [7, 11) is 1.80. The highest BCUT2D eigenvalue weighted by atomic mass is 19.1. The van der Waals surface area contributed by atoms with Gasteiger partial charge >= 0.3 is 0 Å². The third kappa shape index (κ3) is 2.25. The van der Waals surface area contributed by atoms with E-state index in [-0.39, 0.29) is 11.7 Å². The number of hydrogen-bond donors (Lipinski definition) is 0. The summed E-state index contributed by atoms with van der Waals surface area (Å²) in [5, 5.41) is 4.36. The molecule has 0 saturated carbocycles. The normalized spacial score (nSPS) is 15.5. The lowest BCUT2D eigenvalue weighted by Gasteiger charge is -2.18. The fraction of sp³-hybridized carbons (Fsp3) is 0.211. The second-order valence-corrected chi connectivity index (χ2v) is 6.70. The number of amides is 1. The van der Waals surface area contributed by atoms with Crippen molar-refractivity contribution < 1.29 is 9.18 Å². The van der Waals surface area contributed by atoms with Crippen molar-refractivity contribution in [3.05, 3.63) is 60.3 Å². The molecule has 5 nitrogen and oxygen atoms in total. The number of aromatic nitrogens is 3. The first-order valence-electron chi connectivity index (χ1n) is 7.98. The third-order valence-electron chi connectivity index (χ3n) is 4.66. The Hall–Kier alpha value is -3.02. The molecule has 0 saturated heterocycles. The molecule has 0 spiro atoms. The highest BCUT2D eigenvalue weighted by molar-refractivity contribution is 6.12. The Labute approximate surface area is 144 Å². The summed E-state index contributed by atoms with van der Waals surface area (Å²) in [5.41, 5.74) is 2.05. The molecule has 0 atom stereocenters. The molecule has 0 N–H and O–H groups in total. The minimum absolute atomic E-state index is 0.0509. The number of aryl methyl sites for hydroxylation is 1. The van der Waals surface area contributed by atoms with Crippen LogP contribution in [0, 0.1) is 5.82 Å². The van der Waals surface area contributed by atoms with Crippen LogP contribution in [0.4, 0.5) is 15.9 Å². The van der Waals surface area contributed by atoms with Gasteiger partial charge in [0.1, 0.15) is 5.82 Å². The Morgan fingerprint density at radius 2 is 1.96 bits per heavy atom. The predicted octanol–water partition coefficient (Wildman–Crippen LogP) is 3.58. The van der Waals surface area contributed by atoms with Gasteiger partial charge in [-0.05, 0) is 37.1 Å². The maximum atomic E-state index is 14.1. The monoisotopic (exact) mass is 336 g/mol. The smallest absolute Gasteiger partial charge is 0.242 e. The van der Waals surface area contributed by atoms with E-state index in [1.165, 1.54) is 18.5 Å². The van der Waals surface area contributed by atoms with Gasteiger partial charge in [-0.2, -0.15) is 5.10 Å². The minimum atomic E-state index is -0.668. The van der Waals surface area contributed by atoms with Gasteiger partial charge in [-0.1, -0.05) is 12.1 Å². The first-order chi connectivity index (χ1) is 11.9. The molecule has 1 aromatic carbocycles. The van der Waals surface area contributed by atoms with Crippen molar-refractivity contribution in [3.8, 4) is 11.1 Å². The molecule has 0 aliphatic carbocycles. The van der Waals surface area contributed by atoms with Gasteiger partial charge in [0.15, 0.2) is 5.82 Å². The maximum absolute atomic E-state index is 14.1. The number of pyridine rings is 1. The Morgan fingerprint density at radius 1 is 1.16 bits per heavy atom. The summed E-state index contributed by atoms with van der Waals surface area (Å²) in [6, 6.07) is 8.67. The van der Waals surface area contributed by atoms with E-state index >= 15 is 0 Å². The molecular formula is C19H17FN4O. The van der Waals surface area contributed by atoms with Gasteiger partial charge in [0, 0.05) is 37.3 Å². The summed E-state index contributed by atoms with van der Waals surface area (Å²) in [6.45, 7) is 3.78. The van der Waals surface area contributed by atoms with Gasteiger partial charge < -0.3 is 0 Å². The zero-order valence-electron chi connectivity index (χ0n) is 14.2. The average Bonchev–Trinajstić information content (AvgIpc) is 3.08. The minimum Gasteiger partial charge on any atom is -0.274 e. The van der Waals surface area contributed by atoms with E-state index in [0.717, 1.165) is 11.3 Å². The molecule has 25 heavy (non-hydrogen) atoms. The first kappa shape index (κ1) is 15.5. The van der Waals surface area contributed by atoms with Crippen LogP contribution in [-0.2, 0) is 17.3 Å². The molecule has 4 rings (SSSR count). The zero-order valence-corrected chi connectivity index (χ0v) is 14.2.